The number of aryl methyl sites for hydroxylation is 1. The Labute approximate surface area is 84.5 Å². The van der Waals surface area contributed by atoms with E-state index >= 15 is 0 Å². The molecule has 78 valence electrons. The Balaban J connectivity index is 3.36. The van der Waals surface area contributed by atoms with Crippen LogP contribution in [0.1, 0.15) is 25.0 Å². The molecule has 3 heteroatoms. The summed E-state index contributed by atoms with van der Waals surface area (Å²) >= 11 is 0. The molecule has 0 fully saturated rings. The van der Waals surface area contributed by atoms with Crippen LogP contribution in [-0.4, -0.2) is 12.2 Å². The number of ether oxygens (including phenoxy) is 1. The van der Waals surface area contributed by atoms with Crippen molar-refractivity contribution in [2.24, 2.45) is 5.73 Å². The average molecular weight is 195 g/mol. The van der Waals surface area contributed by atoms with Crippen LogP contribution in [0.2, 0.25) is 0 Å². The molecule has 1 aromatic rings. The number of phenols is 1. The number of benzene rings is 1. The first kappa shape index (κ1) is 10.9. The second-order valence-electron chi connectivity index (χ2n) is 4.03. The fraction of sp³-hybridized carbons (Fsp3) is 0.455. The van der Waals surface area contributed by atoms with E-state index in [2.05, 4.69) is 0 Å². The van der Waals surface area contributed by atoms with Gasteiger partial charge in [0.25, 0.3) is 0 Å². The number of nitrogens with two attached hydrogens (primary N) is 1. The molecular weight excluding hydrogens is 178 g/mol. The highest BCUT2D eigenvalue weighted by Gasteiger charge is 2.21. The summed E-state index contributed by atoms with van der Waals surface area (Å²) in [5.41, 5.74) is 6.95. The fourth-order valence-corrected chi connectivity index (χ4v) is 1.45. The Bertz CT molecular complexity index is 340. The number of aromatic hydroxyl groups is 1. The van der Waals surface area contributed by atoms with Crippen molar-refractivity contribution in [2.75, 3.05) is 7.11 Å². The molecule has 0 heterocycles. The number of methoxy groups -OCH3 is 1. The number of hydrogen-bond acceptors (Lipinski definition) is 3. The van der Waals surface area contributed by atoms with Crippen LogP contribution in [0, 0.1) is 6.92 Å². The predicted octanol–water partition coefficient (Wildman–Crippen LogP) is 1.90. The summed E-state index contributed by atoms with van der Waals surface area (Å²) in [6.45, 7) is 5.57. The minimum atomic E-state index is -0.564. The molecule has 0 saturated carbocycles. The van der Waals surface area contributed by atoms with E-state index in [0.29, 0.717) is 11.3 Å². The number of hydrogen-bond donors (Lipinski definition) is 2. The molecule has 0 radical (unpaired) electrons. The van der Waals surface area contributed by atoms with Gasteiger partial charge < -0.3 is 15.6 Å². The van der Waals surface area contributed by atoms with E-state index < -0.39 is 5.54 Å². The zero-order chi connectivity index (χ0) is 10.9. The maximum absolute atomic E-state index is 9.90. The summed E-state index contributed by atoms with van der Waals surface area (Å²) in [6.07, 6.45) is 0. The molecule has 0 amide bonds. The van der Waals surface area contributed by atoms with Gasteiger partial charge in [0.15, 0.2) is 11.5 Å². The highest BCUT2D eigenvalue weighted by atomic mass is 16.5. The van der Waals surface area contributed by atoms with Crippen LogP contribution < -0.4 is 10.5 Å². The van der Waals surface area contributed by atoms with Crippen molar-refractivity contribution in [3.8, 4) is 11.5 Å². The normalized spacial score (nSPS) is 11.5. The summed E-state index contributed by atoms with van der Waals surface area (Å²) in [7, 11) is 1.54. The smallest absolute Gasteiger partial charge is 0.163 e. The first-order chi connectivity index (χ1) is 6.38. The highest BCUT2D eigenvalue weighted by molar-refractivity contribution is 5.52. The van der Waals surface area contributed by atoms with Crippen LogP contribution in [-0.2, 0) is 5.54 Å². The predicted molar refractivity (Wildman–Crippen MR) is 56.6 cm³/mol. The van der Waals surface area contributed by atoms with Gasteiger partial charge >= 0.3 is 0 Å². The van der Waals surface area contributed by atoms with Crippen molar-refractivity contribution in [1.82, 2.24) is 0 Å². The lowest BCUT2D eigenvalue weighted by Gasteiger charge is -2.22. The zero-order valence-electron chi connectivity index (χ0n) is 9.09. The second-order valence-corrected chi connectivity index (χ2v) is 4.03. The van der Waals surface area contributed by atoms with E-state index in [-0.39, 0.29) is 5.75 Å². The molecule has 0 bridgehead atoms. The Morgan fingerprint density at radius 1 is 1.36 bits per heavy atom. The molecule has 1 rings (SSSR count). The third-order valence-corrected chi connectivity index (χ3v) is 2.23. The molecule has 0 atom stereocenters. The van der Waals surface area contributed by atoms with Crippen LogP contribution in [0.4, 0.5) is 0 Å². The molecule has 3 nitrogen and oxygen atoms in total. The van der Waals surface area contributed by atoms with Crippen LogP contribution >= 0.6 is 0 Å². The van der Waals surface area contributed by atoms with Crippen molar-refractivity contribution in [3.63, 3.8) is 0 Å². The van der Waals surface area contributed by atoms with Crippen LogP contribution in [0.5, 0.6) is 11.5 Å². The molecule has 0 aromatic heterocycles. The van der Waals surface area contributed by atoms with E-state index in [1.807, 2.05) is 32.9 Å². The first-order valence-electron chi connectivity index (χ1n) is 4.54. The number of phenolic OH excluding ortho intramolecular Hbond substituents is 1. The molecule has 0 aliphatic heterocycles. The van der Waals surface area contributed by atoms with Gasteiger partial charge in [0.05, 0.1) is 7.11 Å². The van der Waals surface area contributed by atoms with Gasteiger partial charge in [-0.2, -0.15) is 0 Å². The van der Waals surface area contributed by atoms with E-state index in [0.717, 1.165) is 5.56 Å². The lowest BCUT2D eigenvalue weighted by Crippen LogP contribution is -2.28. The SMILES string of the molecule is COc1c(C)ccc(C(C)(C)N)c1O. The maximum atomic E-state index is 9.90. The molecule has 0 unspecified atom stereocenters. The second kappa shape index (κ2) is 3.50. The monoisotopic (exact) mass is 195 g/mol. The lowest BCUT2D eigenvalue weighted by molar-refractivity contribution is 0.360. The molecule has 0 spiro atoms. The van der Waals surface area contributed by atoms with Gasteiger partial charge in [0, 0.05) is 11.1 Å². The zero-order valence-corrected chi connectivity index (χ0v) is 9.09. The van der Waals surface area contributed by atoms with E-state index in [1.54, 1.807) is 0 Å². The summed E-state index contributed by atoms with van der Waals surface area (Å²) in [5.74, 6) is 0.640. The van der Waals surface area contributed by atoms with Crippen molar-refractivity contribution in [1.29, 1.82) is 0 Å². The Kier molecular flexibility index (Phi) is 2.71. The van der Waals surface area contributed by atoms with Crippen LogP contribution in [0.15, 0.2) is 12.1 Å². The molecule has 1 aromatic carbocycles. The maximum Gasteiger partial charge on any atom is 0.163 e. The van der Waals surface area contributed by atoms with Crippen molar-refractivity contribution < 1.29 is 9.84 Å². The van der Waals surface area contributed by atoms with Gasteiger partial charge in [-0.05, 0) is 26.3 Å². The van der Waals surface area contributed by atoms with Gasteiger partial charge in [0.1, 0.15) is 0 Å². The van der Waals surface area contributed by atoms with Crippen LogP contribution in [0.25, 0.3) is 0 Å². The van der Waals surface area contributed by atoms with E-state index in [9.17, 15) is 5.11 Å². The minimum absolute atomic E-state index is 0.139. The van der Waals surface area contributed by atoms with Gasteiger partial charge in [-0.1, -0.05) is 12.1 Å². The quantitative estimate of drug-likeness (QED) is 0.757. The molecule has 0 aliphatic carbocycles. The Hall–Kier alpha value is -1.22. The largest absolute Gasteiger partial charge is 0.504 e. The highest BCUT2D eigenvalue weighted by Crippen LogP contribution is 2.37. The van der Waals surface area contributed by atoms with E-state index in [1.165, 1.54) is 7.11 Å². The fourth-order valence-electron chi connectivity index (χ4n) is 1.45. The van der Waals surface area contributed by atoms with Gasteiger partial charge in [-0.25, -0.2) is 0 Å². The third-order valence-electron chi connectivity index (χ3n) is 2.23. The summed E-state index contributed by atoms with van der Waals surface area (Å²) in [4.78, 5) is 0. The summed E-state index contributed by atoms with van der Waals surface area (Å²) < 4.78 is 5.11. The molecule has 0 saturated heterocycles. The number of rotatable bonds is 2. The summed E-state index contributed by atoms with van der Waals surface area (Å²) in [5, 5.41) is 9.90. The molecule has 0 aliphatic rings. The van der Waals surface area contributed by atoms with Crippen molar-refractivity contribution >= 4 is 0 Å². The van der Waals surface area contributed by atoms with Crippen molar-refractivity contribution in [2.45, 2.75) is 26.3 Å². The van der Waals surface area contributed by atoms with Gasteiger partial charge in [-0.15, -0.1) is 0 Å². The van der Waals surface area contributed by atoms with E-state index in [4.69, 9.17) is 10.5 Å². The van der Waals surface area contributed by atoms with Gasteiger partial charge in [-0.3, -0.25) is 0 Å². The molecule has 14 heavy (non-hydrogen) atoms. The Morgan fingerprint density at radius 2 is 1.93 bits per heavy atom. The van der Waals surface area contributed by atoms with Gasteiger partial charge in [0.2, 0.25) is 0 Å². The topological polar surface area (TPSA) is 55.5 Å². The molecule has 3 N–H and O–H groups in total. The standard InChI is InChI=1S/C11H17NO2/c1-7-5-6-8(11(2,3)12)9(13)10(7)14-4/h5-6,13H,12H2,1-4H3. The van der Waals surface area contributed by atoms with Crippen LogP contribution in [0.3, 0.4) is 0 Å². The summed E-state index contributed by atoms with van der Waals surface area (Å²) in [6, 6.07) is 3.72. The third kappa shape index (κ3) is 1.82. The Morgan fingerprint density at radius 3 is 2.36 bits per heavy atom. The van der Waals surface area contributed by atoms with Crippen molar-refractivity contribution in [3.05, 3.63) is 23.3 Å². The minimum Gasteiger partial charge on any atom is -0.504 e. The lowest BCUT2D eigenvalue weighted by atomic mass is 9.93. The first-order valence-corrected chi connectivity index (χ1v) is 4.54. The molecular formula is C11H17NO2. The average Bonchev–Trinajstić information content (AvgIpc) is 2.02.